The predicted molar refractivity (Wildman–Crippen MR) is 99.8 cm³/mol. The van der Waals surface area contributed by atoms with Gasteiger partial charge >= 0.3 is 0 Å². The Balaban J connectivity index is 1.78. The summed E-state index contributed by atoms with van der Waals surface area (Å²) in [5, 5.41) is 3.92. The van der Waals surface area contributed by atoms with E-state index >= 15 is 0 Å². The number of aryl methyl sites for hydroxylation is 2. The standard InChI is InChI=1S/C21H37NO/c1-3-4-5-6-7-8-9-10-11-12-13-14-15-16-17-18-21-19-20(2)22-23-21/h10-11,19H,3-9,12-18H2,1-2H3. The molecular formula is C21H37NO. The lowest BCUT2D eigenvalue weighted by atomic mass is 10.1. The summed E-state index contributed by atoms with van der Waals surface area (Å²) in [6, 6.07) is 2.05. The van der Waals surface area contributed by atoms with E-state index in [4.69, 9.17) is 4.52 Å². The minimum Gasteiger partial charge on any atom is -0.361 e. The molecular weight excluding hydrogens is 282 g/mol. The third-order valence-corrected chi connectivity index (χ3v) is 4.36. The van der Waals surface area contributed by atoms with Crippen molar-refractivity contribution in [2.75, 3.05) is 0 Å². The van der Waals surface area contributed by atoms with Crippen molar-refractivity contribution in [2.24, 2.45) is 0 Å². The maximum absolute atomic E-state index is 5.22. The summed E-state index contributed by atoms with van der Waals surface area (Å²) < 4.78 is 5.22. The molecule has 1 heterocycles. The first-order chi connectivity index (χ1) is 11.3. The lowest BCUT2D eigenvalue weighted by Crippen LogP contribution is -1.84. The number of hydrogen-bond acceptors (Lipinski definition) is 2. The molecule has 2 nitrogen and oxygen atoms in total. The van der Waals surface area contributed by atoms with Gasteiger partial charge in [0.25, 0.3) is 0 Å². The molecule has 1 aromatic heterocycles. The molecule has 0 aliphatic rings. The Hall–Kier alpha value is -1.05. The van der Waals surface area contributed by atoms with E-state index in [1.54, 1.807) is 0 Å². The lowest BCUT2D eigenvalue weighted by molar-refractivity contribution is 0.375. The average Bonchev–Trinajstić information content (AvgIpc) is 2.96. The van der Waals surface area contributed by atoms with Crippen molar-refractivity contribution in [1.82, 2.24) is 5.16 Å². The summed E-state index contributed by atoms with van der Waals surface area (Å²) in [5.74, 6) is 1.04. The topological polar surface area (TPSA) is 26.0 Å². The molecule has 0 amide bonds. The van der Waals surface area contributed by atoms with Gasteiger partial charge in [0.15, 0.2) is 0 Å². The second kappa shape index (κ2) is 14.5. The molecule has 2 heteroatoms. The molecule has 1 rings (SSSR count). The summed E-state index contributed by atoms with van der Waals surface area (Å²) in [6.45, 7) is 4.26. The van der Waals surface area contributed by atoms with Crippen LogP contribution >= 0.6 is 0 Å². The van der Waals surface area contributed by atoms with Crippen molar-refractivity contribution in [1.29, 1.82) is 0 Å². The third kappa shape index (κ3) is 12.1. The second-order valence-corrected chi connectivity index (χ2v) is 6.77. The summed E-state index contributed by atoms with van der Waals surface area (Å²) in [6.07, 6.45) is 23.3. The van der Waals surface area contributed by atoms with Gasteiger partial charge in [0.05, 0.1) is 5.69 Å². The molecule has 0 aliphatic heterocycles. The van der Waals surface area contributed by atoms with Gasteiger partial charge < -0.3 is 4.52 Å². The normalized spacial score (nSPS) is 11.6. The highest BCUT2D eigenvalue weighted by atomic mass is 16.5. The Labute approximate surface area is 143 Å². The van der Waals surface area contributed by atoms with Crippen LogP contribution in [0.1, 0.15) is 102 Å². The van der Waals surface area contributed by atoms with Crippen LogP contribution in [0.3, 0.4) is 0 Å². The molecule has 23 heavy (non-hydrogen) atoms. The molecule has 0 N–H and O–H groups in total. The summed E-state index contributed by atoms with van der Waals surface area (Å²) >= 11 is 0. The summed E-state index contributed by atoms with van der Waals surface area (Å²) in [7, 11) is 0. The number of rotatable bonds is 15. The Morgan fingerprint density at radius 1 is 0.826 bits per heavy atom. The Bertz CT molecular complexity index is 394. The van der Waals surface area contributed by atoms with Crippen LogP contribution in [0.4, 0.5) is 0 Å². The van der Waals surface area contributed by atoms with Gasteiger partial charge in [-0.1, -0.05) is 75.6 Å². The quantitative estimate of drug-likeness (QED) is 0.253. The molecule has 0 aromatic carbocycles. The van der Waals surface area contributed by atoms with Crippen LogP contribution in [-0.2, 0) is 6.42 Å². The molecule has 0 unspecified atom stereocenters. The number of allylic oxidation sites excluding steroid dienone is 2. The zero-order valence-electron chi connectivity index (χ0n) is 15.5. The molecule has 0 fully saturated rings. The van der Waals surface area contributed by atoms with E-state index in [0.717, 1.165) is 17.9 Å². The molecule has 0 spiro atoms. The Morgan fingerprint density at radius 2 is 1.39 bits per heavy atom. The Morgan fingerprint density at radius 3 is 1.96 bits per heavy atom. The molecule has 0 saturated heterocycles. The fourth-order valence-electron chi connectivity index (χ4n) is 2.90. The van der Waals surface area contributed by atoms with E-state index in [2.05, 4.69) is 30.3 Å². The first-order valence-corrected chi connectivity index (χ1v) is 9.90. The zero-order chi connectivity index (χ0) is 16.6. The number of unbranched alkanes of at least 4 members (excludes halogenated alkanes) is 11. The molecule has 0 radical (unpaired) electrons. The fraction of sp³-hybridized carbons (Fsp3) is 0.762. The van der Waals surface area contributed by atoms with E-state index in [1.165, 1.54) is 83.5 Å². The minimum absolute atomic E-state index is 0.993. The van der Waals surface area contributed by atoms with Crippen LogP contribution in [0.25, 0.3) is 0 Å². The summed E-state index contributed by atoms with van der Waals surface area (Å²) in [4.78, 5) is 0. The van der Waals surface area contributed by atoms with Gasteiger partial charge in [-0.05, 0) is 39.0 Å². The highest BCUT2D eigenvalue weighted by Gasteiger charge is 1.99. The average molecular weight is 320 g/mol. The monoisotopic (exact) mass is 319 g/mol. The van der Waals surface area contributed by atoms with Gasteiger partial charge in [-0.2, -0.15) is 0 Å². The van der Waals surface area contributed by atoms with Crippen LogP contribution in [0, 0.1) is 6.92 Å². The summed E-state index contributed by atoms with van der Waals surface area (Å²) in [5.41, 5.74) is 0.993. The van der Waals surface area contributed by atoms with E-state index in [0.29, 0.717) is 0 Å². The molecule has 132 valence electrons. The van der Waals surface area contributed by atoms with E-state index < -0.39 is 0 Å². The van der Waals surface area contributed by atoms with E-state index in [1.807, 2.05) is 6.92 Å². The van der Waals surface area contributed by atoms with Crippen molar-refractivity contribution >= 4 is 0 Å². The molecule has 0 bridgehead atoms. The fourth-order valence-corrected chi connectivity index (χ4v) is 2.90. The van der Waals surface area contributed by atoms with Crippen molar-refractivity contribution in [3.05, 3.63) is 29.7 Å². The van der Waals surface area contributed by atoms with Gasteiger partial charge in [0.2, 0.25) is 0 Å². The van der Waals surface area contributed by atoms with Gasteiger partial charge in [0, 0.05) is 12.5 Å². The highest BCUT2D eigenvalue weighted by Crippen LogP contribution is 2.11. The lowest BCUT2D eigenvalue weighted by Gasteiger charge is -1.99. The van der Waals surface area contributed by atoms with Crippen molar-refractivity contribution < 1.29 is 4.52 Å². The highest BCUT2D eigenvalue weighted by molar-refractivity contribution is 5.02. The van der Waals surface area contributed by atoms with Gasteiger partial charge in [0.1, 0.15) is 5.76 Å². The van der Waals surface area contributed by atoms with Crippen molar-refractivity contribution in [3.8, 4) is 0 Å². The molecule has 0 saturated carbocycles. The van der Waals surface area contributed by atoms with Crippen LogP contribution < -0.4 is 0 Å². The van der Waals surface area contributed by atoms with Crippen molar-refractivity contribution in [3.63, 3.8) is 0 Å². The van der Waals surface area contributed by atoms with Crippen LogP contribution in [0.2, 0.25) is 0 Å². The number of aromatic nitrogens is 1. The maximum Gasteiger partial charge on any atom is 0.136 e. The smallest absolute Gasteiger partial charge is 0.136 e. The molecule has 0 atom stereocenters. The number of hydrogen-bond donors (Lipinski definition) is 0. The van der Waals surface area contributed by atoms with Crippen molar-refractivity contribution in [2.45, 2.75) is 104 Å². The van der Waals surface area contributed by atoms with Crippen LogP contribution in [-0.4, -0.2) is 5.16 Å². The van der Waals surface area contributed by atoms with Gasteiger partial charge in [-0.3, -0.25) is 0 Å². The molecule has 1 aromatic rings. The minimum atomic E-state index is 0.993. The predicted octanol–water partition coefficient (Wildman–Crippen LogP) is 7.17. The van der Waals surface area contributed by atoms with Crippen LogP contribution in [0.15, 0.2) is 22.7 Å². The molecule has 0 aliphatic carbocycles. The second-order valence-electron chi connectivity index (χ2n) is 6.77. The van der Waals surface area contributed by atoms with E-state index in [-0.39, 0.29) is 0 Å². The van der Waals surface area contributed by atoms with E-state index in [9.17, 15) is 0 Å². The Kier molecular flexibility index (Phi) is 12.6. The zero-order valence-corrected chi connectivity index (χ0v) is 15.5. The SMILES string of the molecule is CCCCCCCCC=CCCCCCCCc1cc(C)no1. The van der Waals surface area contributed by atoms with Gasteiger partial charge in [-0.25, -0.2) is 0 Å². The first-order valence-electron chi connectivity index (χ1n) is 9.90. The van der Waals surface area contributed by atoms with Crippen LogP contribution in [0.5, 0.6) is 0 Å². The maximum atomic E-state index is 5.22. The van der Waals surface area contributed by atoms with Gasteiger partial charge in [-0.15, -0.1) is 0 Å². The first kappa shape index (κ1) is 20.0. The number of nitrogens with zero attached hydrogens (tertiary/aromatic N) is 1. The largest absolute Gasteiger partial charge is 0.361 e. The third-order valence-electron chi connectivity index (χ3n) is 4.36.